The Morgan fingerprint density at radius 2 is 1.88 bits per heavy atom. The van der Waals surface area contributed by atoms with E-state index in [2.05, 4.69) is 66.8 Å². The SMILES string of the molecule is Clc1cc(Br)c2c(c1)C=CC1=CC(Br)=CNC1=C2C1CCNCC1. The number of piperidine rings is 1. The van der Waals surface area contributed by atoms with Gasteiger partial charge in [-0.1, -0.05) is 39.7 Å². The van der Waals surface area contributed by atoms with Crippen LogP contribution in [-0.4, -0.2) is 13.1 Å². The van der Waals surface area contributed by atoms with Crippen molar-refractivity contribution in [2.45, 2.75) is 12.8 Å². The van der Waals surface area contributed by atoms with Crippen molar-refractivity contribution in [3.63, 3.8) is 0 Å². The molecular weight excluding hydrogens is 451 g/mol. The Morgan fingerprint density at radius 3 is 2.67 bits per heavy atom. The first-order valence-electron chi connectivity index (χ1n) is 8.10. The number of hydrogen-bond acceptors (Lipinski definition) is 2. The van der Waals surface area contributed by atoms with Crippen LogP contribution < -0.4 is 10.6 Å². The molecule has 0 spiro atoms. The van der Waals surface area contributed by atoms with Gasteiger partial charge in [-0.05, 0) is 82.7 Å². The Balaban J connectivity index is 1.96. The van der Waals surface area contributed by atoms with Gasteiger partial charge in [-0.25, -0.2) is 0 Å². The minimum Gasteiger partial charge on any atom is -0.360 e. The zero-order valence-electron chi connectivity index (χ0n) is 13.0. The molecule has 0 radical (unpaired) electrons. The van der Waals surface area contributed by atoms with Crippen molar-refractivity contribution in [2.75, 3.05) is 13.1 Å². The molecule has 3 aliphatic rings. The molecule has 0 unspecified atom stereocenters. The first kappa shape index (κ1) is 16.6. The van der Waals surface area contributed by atoms with Crippen molar-refractivity contribution >= 4 is 55.1 Å². The molecule has 1 aromatic rings. The van der Waals surface area contributed by atoms with Gasteiger partial charge in [0.05, 0.1) is 0 Å². The van der Waals surface area contributed by atoms with Gasteiger partial charge in [-0.15, -0.1) is 0 Å². The summed E-state index contributed by atoms with van der Waals surface area (Å²) >= 11 is 13.6. The summed E-state index contributed by atoms with van der Waals surface area (Å²) in [6.07, 6.45) is 10.8. The summed E-state index contributed by atoms with van der Waals surface area (Å²) in [6, 6.07) is 4.05. The molecule has 2 N–H and O–H groups in total. The van der Waals surface area contributed by atoms with Crippen molar-refractivity contribution < 1.29 is 0 Å². The molecule has 0 saturated carbocycles. The van der Waals surface area contributed by atoms with Gasteiger partial charge in [0.1, 0.15) is 0 Å². The predicted octanol–water partition coefficient (Wildman–Crippen LogP) is 5.61. The number of hydrogen-bond donors (Lipinski definition) is 2. The largest absolute Gasteiger partial charge is 0.360 e. The molecule has 5 heteroatoms. The Bertz CT molecular complexity index is 815. The number of rotatable bonds is 1. The lowest BCUT2D eigenvalue weighted by molar-refractivity contribution is 0.445. The molecule has 2 aliphatic heterocycles. The van der Waals surface area contributed by atoms with Gasteiger partial charge in [0.15, 0.2) is 0 Å². The van der Waals surface area contributed by atoms with Crippen LogP contribution in [0.2, 0.25) is 5.02 Å². The van der Waals surface area contributed by atoms with Gasteiger partial charge in [-0.2, -0.15) is 0 Å². The Labute approximate surface area is 164 Å². The fourth-order valence-corrected chi connectivity index (χ4v) is 5.09. The van der Waals surface area contributed by atoms with Gasteiger partial charge < -0.3 is 10.6 Å². The lowest BCUT2D eigenvalue weighted by atomic mass is 9.82. The average molecular weight is 469 g/mol. The lowest BCUT2D eigenvalue weighted by Crippen LogP contribution is -2.30. The van der Waals surface area contributed by atoms with E-state index in [0.717, 1.165) is 39.9 Å². The van der Waals surface area contributed by atoms with Crippen LogP contribution in [0.25, 0.3) is 11.6 Å². The topological polar surface area (TPSA) is 24.1 Å². The second-order valence-electron chi connectivity index (χ2n) is 6.27. The lowest BCUT2D eigenvalue weighted by Gasteiger charge is -2.30. The van der Waals surface area contributed by atoms with Crippen LogP contribution in [0.3, 0.4) is 0 Å². The molecule has 1 saturated heterocycles. The summed E-state index contributed by atoms with van der Waals surface area (Å²) < 4.78 is 2.12. The van der Waals surface area contributed by atoms with E-state index in [9.17, 15) is 0 Å². The summed E-state index contributed by atoms with van der Waals surface area (Å²) in [6.45, 7) is 2.13. The number of allylic oxidation sites excluding steroid dienone is 4. The van der Waals surface area contributed by atoms with Gasteiger partial charge in [0.2, 0.25) is 0 Å². The highest BCUT2D eigenvalue weighted by Gasteiger charge is 2.28. The van der Waals surface area contributed by atoms with E-state index >= 15 is 0 Å². The normalized spacial score (nSPS) is 20.6. The maximum absolute atomic E-state index is 6.31. The second kappa shape index (κ2) is 6.83. The third-order valence-corrected chi connectivity index (χ3v) is 6.05. The Hall–Kier alpha value is -0.810. The predicted molar refractivity (Wildman–Crippen MR) is 109 cm³/mol. The third-order valence-electron chi connectivity index (χ3n) is 4.75. The van der Waals surface area contributed by atoms with E-state index in [4.69, 9.17) is 11.6 Å². The van der Waals surface area contributed by atoms with E-state index in [1.165, 1.54) is 28.0 Å². The number of dihydropyridines is 1. The average Bonchev–Trinajstić information content (AvgIpc) is 2.72. The molecule has 0 amide bonds. The van der Waals surface area contributed by atoms with Crippen molar-refractivity contribution in [3.8, 4) is 0 Å². The van der Waals surface area contributed by atoms with Crippen LogP contribution in [0, 0.1) is 5.92 Å². The summed E-state index contributed by atoms with van der Waals surface area (Å²) in [4.78, 5) is 0. The molecule has 1 fully saturated rings. The minimum absolute atomic E-state index is 0.526. The van der Waals surface area contributed by atoms with Gasteiger partial charge >= 0.3 is 0 Å². The van der Waals surface area contributed by atoms with E-state index < -0.39 is 0 Å². The van der Waals surface area contributed by atoms with Crippen molar-refractivity contribution in [1.29, 1.82) is 0 Å². The standard InChI is InChI=1S/C19H17Br2ClN2/c20-14-7-13-2-1-12-8-15(22)9-16(21)17(12)18(19(13)24-10-14)11-3-5-23-6-4-11/h1-2,7-11,23-24H,3-6H2. The van der Waals surface area contributed by atoms with Crippen molar-refractivity contribution in [1.82, 2.24) is 10.6 Å². The highest BCUT2D eigenvalue weighted by Crippen LogP contribution is 2.44. The van der Waals surface area contributed by atoms with Crippen LogP contribution in [-0.2, 0) is 0 Å². The van der Waals surface area contributed by atoms with Crippen LogP contribution in [0.5, 0.6) is 0 Å². The molecule has 1 aliphatic carbocycles. The molecule has 124 valence electrons. The quantitative estimate of drug-likeness (QED) is 0.560. The zero-order chi connectivity index (χ0) is 16.7. The number of fused-ring (bicyclic) bond motifs is 2. The Kier molecular flexibility index (Phi) is 4.74. The Morgan fingerprint density at radius 1 is 1.08 bits per heavy atom. The summed E-state index contributed by atoms with van der Waals surface area (Å²) in [5.41, 5.74) is 6.24. The molecule has 0 atom stereocenters. The molecule has 2 heterocycles. The highest BCUT2D eigenvalue weighted by atomic mass is 79.9. The van der Waals surface area contributed by atoms with Gasteiger partial charge in [-0.3, -0.25) is 0 Å². The fourth-order valence-electron chi connectivity index (χ4n) is 3.68. The number of nitrogens with one attached hydrogen (secondary N) is 2. The van der Waals surface area contributed by atoms with Crippen LogP contribution in [0.1, 0.15) is 24.0 Å². The van der Waals surface area contributed by atoms with E-state index in [0.29, 0.717) is 5.92 Å². The first-order chi connectivity index (χ1) is 11.6. The van der Waals surface area contributed by atoms with Crippen molar-refractivity contribution in [3.05, 3.63) is 66.9 Å². The number of benzene rings is 1. The van der Waals surface area contributed by atoms with E-state index in [1.54, 1.807) is 0 Å². The van der Waals surface area contributed by atoms with Crippen LogP contribution in [0.4, 0.5) is 0 Å². The minimum atomic E-state index is 0.526. The van der Waals surface area contributed by atoms with Gasteiger partial charge in [0, 0.05) is 31.4 Å². The molecule has 2 nitrogen and oxygen atoms in total. The highest BCUT2D eigenvalue weighted by molar-refractivity contribution is 9.12. The second-order valence-corrected chi connectivity index (χ2v) is 8.48. The van der Waals surface area contributed by atoms with E-state index in [1.807, 2.05) is 12.3 Å². The summed E-state index contributed by atoms with van der Waals surface area (Å²) in [5.74, 6) is 0.526. The molecule has 24 heavy (non-hydrogen) atoms. The molecule has 1 aromatic carbocycles. The fraction of sp³-hybridized carbons (Fsp3) is 0.263. The third kappa shape index (κ3) is 3.05. The maximum atomic E-state index is 6.31. The summed E-state index contributed by atoms with van der Waals surface area (Å²) in [7, 11) is 0. The molecule has 0 aromatic heterocycles. The summed E-state index contributed by atoms with van der Waals surface area (Å²) in [5, 5.41) is 7.74. The number of halogens is 3. The molecule has 4 rings (SSSR count). The molecule has 0 bridgehead atoms. The first-order valence-corrected chi connectivity index (χ1v) is 10.1. The molecular formula is C19H17Br2ClN2. The van der Waals surface area contributed by atoms with E-state index in [-0.39, 0.29) is 0 Å². The van der Waals surface area contributed by atoms with Crippen LogP contribution >= 0.6 is 43.5 Å². The van der Waals surface area contributed by atoms with Gasteiger partial charge in [0.25, 0.3) is 0 Å². The van der Waals surface area contributed by atoms with Crippen LogP contribution in [0.15, 0.2) is 50.7 Å². The monoisotopic (exact) mass is 466 g/mol. The maximum Gasteiger partial charge on any atom is 0.0496 e. The van der Waals surface area contributed by atoms with Crippen molar-refractivity contribution in [2.24, 2.45) is 5.92 Å². The smallest absolute Gasteiger partial charge is 0.0496 e. The zero-order valence-corrected chi connectivity index (χ0v) is 16.9.